The van der Waals surface area contributed by atoms with E-state index in [4.69, 9.17) is 9.47 Å². The molecular weight excluding hydrogens is 292 g/mol. The molecule has 1 N–H and O–H groups in total. The molecular formula is C18H24N2O3. The Balaban J connectivity index is 2.02. The summed E-state index contributed by atoms with van der Waals surface area (Å²) in [6.45, 7) is 9.38. The van der Waals surface area contributed by atoms with Gasteiger partial charge < -0.3 is 14.8 Å². The minimum Gasteiger partial charge on any atom is -0.483 e. The highest BCUT2D eigenvalue weighted by atomic mass is 16.5. The fourth-order valence-electron chi connectivity index (χ4n) is 2.47. The molecule has 0 aliphatic carbocycles. The van der Waals surface area contributed by atoms with Gasteiger partial charge in [-0.3, -0.25) is 4.79 Å². The number of fused-ring (bicyclic) bond motifs is 1. The summed E-state index contributed by atoms with van der Waals surface area (Å²) in [5.74, 6) is 0.947. The Morgan fingerprint density at radius 1 is 1.52 bits per heavy atom. The molecule has 124 valence electrons. The second-order valence-corrected chi connectivity index (χ2v) is 7.09. The van der Waals surface area contributed by atoms with Crippen molar-refractivity contribution in [2.24, 2.45) is 5.92 Å². The van der Waals surface area contributed by atoms with Crippen LogP contribution in [0.3, 0.4) is 0 Å². The van der Waals surface area contributed by atoms with Crippen LogP contribution in [0.1, 0.15) is 40.2 Å². The van der Waals surface area contributed by atoms with Crippen LogP contribution in [-0.2, 0) is 11.2 Å². The first-order valence-electron chi connectivity index (χ1n) is 7.83. The van der Waals surface area contributed by atoms with E-state index in [1.807, 2.05) is 39.8 Å². The molecule has 5 heteroatoms. The molecule has 23 heavy (non-hydrogen) atoms. The van der Waals surface area contributed by atoms with E-state index in [1.54, 1.807) is 13.0 Å². The van der Waals surface area contributed by atoms with Crippen LogP contribution < -0.4 is 14.8 Å². The van der Waals surface area contributed by atoms with Gasteiger partial charge in [-0.05, 0) is 32.8 Å². The Morgan fingerprint density at radius 3 is 2.83 bits per heavy atom. The number of nitriles is 1. The van der Waals surface area contributed by atoms with Crippen LogP contribution in [0.5, 0.6) is 11.5 Å². The Bertz CT molecular complexity index is 646. The van der Waals surface area contributed by atoms with Gasteiger partial charge in [-0.25, -0.2) is 0 Å². The lowest BCUT2D eigenvalue weighted by molar-refractivity contribution is -0.124. The van der Waals surface area contributed by atoms with Crippen LogP contribution in [0.25, 0.3) is 0 Å². The summed E-state index contributed by atoms with van der Waals surface area (Å²) in [6.07, 6.45) is 0.811. The number of nitrogens with one attached hydrogen (secondary N) is 1. The molecule has 2 rings (SSSR count). The summed E-state index contributed by atoms with van der Waals surface area (Å²) in [7, 11) is 0. The molecule has 0 radical (unpaired) electrons. The molecule has 1 atom stereocenters. The predicted molar refractivity (Wildman–Crippen MR) is 87.3 cm³/mol. The van der Waals surface area contributed by atoms with Crippen molar-refractivity contribution >= 4 is 5.91 Å². The molecule has 1 amide bonds. The maximum atomic E-state index is 12.1. The number of hydrogen-bond donors (Lipinski definition) is 1. The molecule has 1 aliphatic heterocycles. The molecule has 0 spiro atoms. The van der Waals surface area contributed by atoms with Crippen molar-refractivity contribution < 1.29 is 14.3 Å². The Hall–Kier alpha value is -2.22. The first-order valence-corrected chi connectivity index (χ1v) is 7.83. The minimum absolute atomic E-state index is 0.00144. The molecule has 1 aromatic carbocycles. The SMILES string of the molecule is CC(C)[C@@](C)(C#N)NC(=O)COc1cccc2c1OC(C)(C)C2. The van der Waals surface area contributed by atoms with Gasteiger partial charge >= 0.3 is 0 Å². The van der Waals surface area contributed by atoms with E-state index in [1.165, 1.54) is 0 Å². The molecule has 0 unspecified atom stereocenters. The number of ether oxygens (including phenoxy) is 2. The number of carbonyl (C=O) groups excluding carboxylic acids is 1. The number of carbonyl (C=O) groups is 1. The van der Waals surface area contributed by atoms with Crippen molar-refractivity contribution in [3.8, 4) is 17.6 Å². The fourth-order valence-corrected chi connectivity index (χ4v) is 2.47. The van der Waals surface area contributed by atoms with Gasteiger partial charge in [0.25, 0.3) is 5.91 Å². The highest BCUT2D eigenvalue weighted by Crippen LogP contribution is 2.41. The highest BCUT2D eigenvalue weighted by molar-refractivity contribution is 5.79. The van der Waals surface area contributed by atoms with Crippen molar-refractivity contribution in [2.75, 3.05) is 6.61 Å². The summed E-state index contributed by atoms with van der Waals surface area (Å²) in [5, 5.41) is 12.0. The van der Waals surface area contributed by atoms with Gasteiger partial charge in [-0.2, -0.15) is 5.26 Å². The zero-order valence-corrected chi connectivity index (χ0v) is 14.4. The van der Waals surface area contributed by atoms with Crippen LogP contribution >= 0.6 is 0 Å². The number of benzene rings is 1. The van der Waals surface area contributed by atoms with E-state index < -0.39 is 5.54 Å². The first-order chi connectivity index (χ1) is 10.7. The smallest absolute Gasteiger partial charge is 0.259 e. The molecule has 1 aromatic rings. The summed E-state index contributed by atoms with van der Waals surface area (Å²) in [5.41, 5.74) is -0.0875. The number of hydrogen-bond acceptors (Lipinski definition) is 4. The number of amides is 1. The van der Waals surface area contributed by atoms with Crippen LogP contribution in [0, 0.1) is 17.2 Å². The summed E-state index contributed by atoms with van der Waals surface area (Å²) < 4.78 is 11.5. The van der Waals surface area contributed by atoms with Gasteiger partial charge in [0.05, 0.1) is 6.07 Å². The standard InChI is InChI=1S/C18H24N2O3/c1-12(2)18(5,11-19)20-15(21)10-22-14-8-6-7-13-9-17(3,4)23-16(13)14/h6-8,12H,9-10H2,1-5H3,(H,20,21)/t18-/m1/s1. The lowest BCUT2D eigenvalue weighted by atomic mass is 9.90. The zero-order chi connectivity index (χ0) is 17.3. The minimum atomic E-state index is -0.905. The summed E-state index contributed by atoms with van der Waals surface area (Å²) in [4.78, 5) is 12.1. The van der Waals surface area contributed by atoms with Crippen LogP contribution in [0.4, 0.5) is 0 Å². The number of nitrogens with zero attached hydrogens (tertiary/aromatic N) is 1. The second kappa shape index (κ2) is 6.11. The molecule has 0 saturated heterocycles. The van der Waals surface area contributed by atoms with E-state index in [0.29, 0.717) is 11.5 Å². The van der Waals surface area contributed by atoms with Crippen LogP contribution in [0.2, 0.25) is 0 Å². The van der Waals surface area contributed by atoms with Gasteiger partial charge in [0.15, 0.2) is 18.1 Å². The maximum Gasteiger partial charge on any atom is 0.259 e. The normalized spacial score (nSPS) is 17.6. The number of para-hydroxylation sites is 1. The van der Waals surface area contributed by atoms with Crippen molar-refractivity contribution in [1.82, 2.24) is 5.32 Å². The van der Waals surface area contributed by atoms with Crippen LogP contribution in [-0.4, -0.2) is 23.7 Å². The van der Waals surface area contributed by atoms with Gasteiger partial charge in [0.1, 0.15) is 11.1 Å². The Morgan fingerprint density at radius 2 is 2.22 bits per heavy atom. The molecule has 0 saturated carbocycles. The Labute approximate surface area is 137 Å². The summed E-state index contributed by atoms with van der Waals surface area (Å²) in [6, 6.07) is 7.83. The predicted octanol–water partition coefficient (Wildman–Crippen LogP) is 2.83. The topological polar surface area (TPSA) is 71.4 Å². The largest absolute Gasteiger partial charge is 0.483 e. The number of rotatable bonds is 5. The zero-order valence-electron chi connectivity index (χ0n) is 14.4. The van der Waals surface area contributed by atoms with Gasteiger partial charge in [-0.15, -0.1) is 0 Å². The van der Waals surface area contributed by atoms with E-state index in [2.05, 4.69) is 11.4 Å². The maximum absolute atomic E-state index is 12.1. The fraction of sp³-hybridized carbons (Fsp3) is 0.556. The highest BCUT2D eigenvalue weighted by Gasteiger charge is 2.33. The lowest BCUT2D eigenvalue weighted by Gasteiger charge is -2.27. The first kappa shape index (κ1) is 17.1. The van der Waals surface area contributed by atoms with Gasteiger partial charge in [0.2, 0.25) is 0 Å². The van der Waals surface area contributed by atoms with Crippen molar-refractivity contribution in [1.29, 1.82) is 5.26 Å². The molecule has 0 aromatic heterocycles. The van der Waals surface area contributed by atoms with Crippen LogP contribution in [0.15, 0.2) is 18.2 Å². The third-order valence-electron chi connectivity index (χ3n) is 4.20. The Kier molecular flexibility index (Phi) is 4.56. The molecule has 1 heterocycles. The van der Waals surface area contributed by atoms with E-state index in [-0.39, 0.29) is 24.0 Å². The van der Waals surface area contributed by atoms with E-state index in [0.717, 1.165) is 12.0 Å². The third kappa shape index (κ3) is 3.76. The molecule has 0 bridgehead atoms. The molecule has 5 nitrogen and oxygen atoms in total. The monoisotopic (exact) mass is 316 g/mol. The quantitative estimate of drug-likeness (QED) is 0.906. The van der Waals surface area contributed by atoms with E-state index >= 15 is 0 Å². The van der Waals surface area contributed by atoms with Gasteiger partial charge in [0, 0.05) is 12.0 Å². The second-order valence-electron chi connectivity index (χ2n) is 7.09. The third-order valence-corrected chi connectivity index (χ3v) is 4.20. The molecule has 1 aliphatic rings. The average Bonchev–Trinajstić information content (AvgIpc) is 2.79. The van der Waals surface area contributed by atoms with Crippen molar-refractivity contribution in [2.45, 2.75) is 52.2 Å². The summed E-state index contributed by atoms with van der Waals surface area (Å²) >= 11 is 0. The van der Waals surface area contributed by atoms with Gasteiger partial charge in [-0.1, -0.05) is 26.0 Å². The molecule has 0 fully saturated rings. The average molecular weight is 316 g/mol. The van der Waals surface area contributed by atoms with Crippen molar-refractivity contribution in [3.05, 3.63) is 23.8 Å². The lowest BCUT2D eigenvalue weighted by Crippen LogP contribution is -2.50. The van der Waals surface area contributed by atoms with Crippen molar-refractivity contribution in [3.63, 3.8) is 0 Å². The van der Waals surface area contributed by atoms with E-state index in [9.17, 15) is 10.1 Å².